The van der Waals surface area contributed by atoms with Crippen LogP contribution in [-0.4, -0.2) is 36.9 Å². The number of hydrogen-bond acceptors (Lipinski definition) is 3. The Kier molecular flexibility index (Phi) is 4.17. The molecule has 16 heavy (non-hydrogen) atoms. The van der Waals surface area contributed by atoms with Gasteiger partial charge in [0.15, 0.2) is 0 Å². The number of nitrogens with zero attached hydrogens (tertiary/aromatic N) is 2. The first-order chi connectivity index (χ1) is 7.65. The summed E-state index contributed by atoms with van der Waals surface area (Å²) in [6, 6.07) is -0.216. The predicted molar refractivity (Wildman–Crippen MR) is 63.2 cm³/mol. The highest BCUT2D eigenvalue weighted by Crippen LogP contribution is 2.28. The Morgan fingerprint density at radius 2 is 2.31 bits per heavy atom. The van der Waals surface area contributed by atoms with Gasteiger partial charge in [-0.1, -0.05) is 12.2 Å². The second-order valence-electron chi connectivity index (χ2n) is 3.77. The van der Waals surface area contributed by atoms with E-state index in [1.807, 2.05) is 19.1 Å². The van der Waals surface area contributed by atoms with Crippen molar-refractivity contribution in [2.75, 3.05) is 7.05 Å². The lowest BCUT2D eigenvalue weighted by molar-refractivity contribution is -0.127. The van der Waals surface area contributed by atoms with E-state index in [4.69, 9.17) is 0 Å². The fraction of sp³-hybridized carbons (Fsp3) is 0.417. The van der Waals surface area contributed by atoms with Crippen LogP contribution in [0.5, 0.6) is 0 Å². The smallest absolute Gasteiger partial charge is 0.223 e. The number of aliphatic imine (C=N–C) groups is 1. The first-order valence-corrected chi connectivity index (χ1v) is 5.15. The SMILES string of the molecule is C=N/C=C(\C=C/C)[C@@H]1[C@@H](C=O)CC(=O)N1C. The second-order valence-corrected chi connectivity index (χ2v) is 3.77. The van der Waals surface area contributed by atoms with Crippen LogP contribution in [0, 0.1) is 5.92 Å². The van der Waals surface area contributed by atoms with Crippen LogP contribution in [0.2, 0.25) is 0 Å². The number of allylic oxidation sites excluding steroid dienone is 1. The Labute approximate surface area is 95.3 Å². The number of rotatable bonds is 4. The van der Waals surface area contributed by atoms with Crippen LogP contribution in [0.3, 0.4) is 0 Å². The first-order valence-electron chi connectivity index (χ1n) is 5.15. The summed E-state index contributed by atoms with van der Waals surface area (Å²) < 4.78 is 0. The fourth-order valence-electron chi connectivity index (χ4n) is 2.01. The number of likely N-dealkylation sites (tertiary alicyclic amines) is 1. The van der Waals surface area contributed by atoms with Gasteiger partial charge >= 0.3 is 0 Å². The largest absolute Gasteiger partial charge is 0.338 e. The average molecular weight is 220 g/mol. The minimum absolute atomic E-state index is 0.0124. The van der Waals surface area contributed by atoms with Crippen LogP contribution in [0.25, 0.3) is 0 Å². The van der Waals surface area contributed by atoms with E-state index in [0.717, 1.165) is 11.9 Å². The van der Waals surface area contributed by atoms with Crippen molar-refractivity contribution in [3.05, 3.63) is 23.9 Å². The van der Waals surface area contributed by atoms with Gasteiger partial charge in [-0.05, 0) is 19.2 Å². The number of amides is 1. The fourth-order valence-corrected chi connectivity index (χ4v) is 2.01. The van der Waals surface area contributed by atoms with Gasteiger partial charge in [0.1, 0.15) is 6.29 Å². The zero-order valence-electron chi connectivity index (χ0n) is 9.59. The average Bonchev–Trinajstić information content (AvgIpc) is 2.55. The van der Waals surface area contributed by atoms with Gasteiger partial charge in [0, 0.05) is 25.6 Å². The van der Waals surface area contributed by atoms with Gasteiger partial charge in [-0.3, -0.25) is 9.79 Å². The minimum atomic E-state index is -0.290. The summed E-state index contributed by atoms with van der Waals surface area (Å²) in [4.78, 5) is 27.8. The van der Waals surface area contributed by atoms with E-state index >= 15 is 0 Å². The number of aldehydes is 1. The molecule has 1 rings (SSSR count). The van der Waals surface area contributed by atoms with Crippen molar-refractivity contribution in [3.63, 3.8) is 0 Å². The van der Waals surface area contributed by atoms with Crippen LogP contribution in [0.1, 0.15) is 13.3 Å². The van der Waals surface area contributed by atoms with Crippen molar-refractivity contribution in [2.45, 2.75) is 19.4 Å². The molecule has 0 aromatic rings. The summed E-state index contributed by atoms with van der Waals surface area (Å²) in [5, 5.41) is 0. The lowest BCUT2D eigenvalue weighted by Crippen LogP contribution is -2.33. The molecule has 4 heteroatoms. The van der Waals surface area contributed by atoms with E-state index in [2.05, 4.69) is 11.7 Å². The highest BCUT2D eigenvalue weighted by molar-refractivity contribution is 5.84. The van der Waals surface area contributed by atoms with Crippen molar-refractivity contribution in [1.82, 2.24) is 4.90 Å². The molecule has 0 N–H and O–H groups in total. The molecule has 1 saturated heterocycles. The third-order valence-electron chi connectivity index (χ3n) is 2.74. The molecule has 0 spiro atoms. The van der Waals surface area contributed by atoms with E-state index in [1.54, 1.807) is 18.1 Å². The van der Waals surface area contributed by atoms with Gasteiger partial charge < -0.3 is 9.69 Å². The Hall–Kier alpha value is -1.71. The summed E-state index contributed by atoms with van der Waals surface area (Å²) in [5.74, 6) is -0.303. The predicted octanol–water partition coefficient (Wildman–Crippen LogP) is 1.19. The summed E-state index contributed by atoms with van der Waals surface area (Å²) in [6.07, 6.45) is 6.42. The molecular weight excluding hydrogens is 204 g/mol. The minimum Gasteiger partial charge on any atom is -0.338 e. The Bertz CT molecular complexity index is 358. The molecule has 2 atom stereocenters. The highest BCUT2D eigenvalue weighted by atomic mass is 16.2. The van der Waals surface area contributed by atoms with E-state index in [0.29, 0.717) is 0 Å². The van der Waals surface area contributed by atoms with Crippen LogP contribution >= 0.6 is 0 Å². The van der Waals surface area contributed by atoms with E-state index in [9.17, 15) is 9.59 Å². The van der Waals surface area contributed by atoms with E-state index < -0.39 is 0 Å². The number of likely N-dealkylation sites (N-methyl/N-ethyl adjacent to an activating group) is 1. The van der Waals surface area contributed by atoms with Crippen LogP contribution in [-0.2, 0) is 9.59 Å². The van der Waals surface area contributed by atoms with Gasteiger partial charge in [-0.25, -0.2) is 0 Å². The molecule has 86 valence electrons. The second kappa shape index (κ2) is 5.39. The van der Waals surface area contributed by atoms with Crippen molar-refractivity contribution in [2.24, 2.45) is 10.9 Å². The lowest BCUT2D eigenvalue weighted by atomic mass is 9.95. The molecule has 0 aromatic carbocycles. The molecule has 1 amide bonds. The molecule has 1 fully saturated rings. The van der Waals surface area contributed by atoms with Crippen LogP contribution in [0.15, 0.2) is 28.9 Å². The number of carbonyl (C=O) groups excluding carboxylic acids is 2. The summed E-state index contributed by atoms with van der Waals surface area (Å²) >= 11 is 0. The summed E-state index contributed by atoms with van der Waals surface area (Å²) in [5.41, 5.74) is 0.836. The van der Waals surface area contributed by atoms with E-state index in [1.165, 1.54) is 0 Å². The topological polar surface area (TPSA) is 49.7 Å². The van der Waals surface area contributed by atoms with Crippen LogP contribution < -0.4 is 0 Å². The monoisotopic (exact) mass is 220 g/mol. The standard InChI is InChI=1S/C12H16N2O2/c1-4-5-9(7-13-2)12-10(8-15)6-11(16)14(12)3/h4-5,7-8,10,12H,2,6H2,1,3H3/b5-4-,9-7+/t10-,12-/m1/s1. The third-order valence-corrected chi connectivity index (χ3v) is 2.74. The van der Waals surface area contributed by atoms with Crippen LogP contribution in [0.4, 0.5) is 0 Å². The first kappa shape index (κ1) is 12.4. The summed E-state index contributed by atoms with van der Waals surface area (Å²) in [7, 11) is 1.71. The highest BCUT2D eigenvalue weighted by Gasteiger charge is 2.38. The molecular formula is C12H16N2O2. The molecule has 0 aliphatic carbocycles. The van der Waals surface area contributed by atoms with Gasteiger partial charge in [0.05, 0.1) is 6.04 Å². The van der Waals surface area contributed by atoms with Gasteiger partial charge in [0.25, 0.3) is 0 Å². The Morgan fingerprint density at radius 3 is 2.81 bits per heavy atom. The zero-order chi connectivity index (χ0) is 12.1. The van der Waals surface area contributed by atoms with Gasteiger partial charge in [-0.2, -0.15) is 0 Å². The van der Waals surface area contributed by atoms with Gasteiger partial charge in [0.2, 0.25) is 5.91 Å². The van der Waals surface area contributed by atoms with Crippen molar-refractivity contribution in [3.8, 4) is 0 Å². The molecule has 1 heterocycles. The summed E-state index contributed by atoms with van der Waals surface area (Å²) in [6.45, 7) is 5.28. The molecule has 0 bridgehead atoms. The molecule has 1 aliphatic heterocycles. The maximum absolute atomic E-state index is 11.5. The number of hydrogen-bond donors (Lipinski definition) is 0. The maximum Gasteiger partial charge on any atom is 0.223 e. The molecule has 0 unspecified atom stereocenters. The number of carbonyl (C=O) groups is 2. The molecule has 0 radical (unpaired) electrons. The Balaban J connectivity index is 3.06. The normalized spacial score (nSPS) is 26.5. The Morgan fingerprint density at radius 1 is 1.62 bits per heavy atom. The van der Waals surface area contributed by atoms with Crippen molar-refractivity contribution >= 4 is 18.9 Å². The zero-order valence-corrected chi connectivity index (χ0v) is 9.59. The molecule has 4 nitrogen and oxygen atoms in total. The quantitative estimate of drug-likeness (QED) is 0.406. The van der Waals surface area contributed by atoms with E-state index in [-0.39, 0.29) is 24.3 Å². The molecule has 0 aromatic heterocycles. The molecule has 1 aliphatic rings. The maximum atomic E-state index is 11.5. The van der Waals surface area contributed by atoms with Crippen molar-refractivity contribution < 1.29 is 9.59 Å². The van der Waals surface area contributed by atoms with Gasteiger partial charge in [-0.15, -0.1) is 0 Å². The third kappa shape index (κ3) is 2.27. The lowest BCUT2D eigenvalue weighted by Gasteiger charge is -2.23. The molecule has 0 saturated carbocycles. The van der Waals surface area contributed by atoms with Crippen molar-refractivity contribution in [1.29, 1.82) is 0 Å².